The fourth-order valence-corrected chi connectivity index (χ4v) is 10.4. The van der Waals surface area contributed by atoms with E-state index in [1.165, 1.54) is 238 Å². The van der Waals surface area contributed by atoms with Gasteiger partial charge in [0.2, 0.25) is 0 Å². The van der Waals surface area contributed by atoms with Crippen molar-refractivity contribution in [3.05, 3.63) is 60.8 Å². The minimum absolute atomic E-state index is 0.149. The molecule has 0 aliphatic rings. The maximum Gasteiger partial charge on any atom is 0.306 e. The van der Waals surface area contributed by atoms with Crippen molar-refractivity contribution < 1.29 is 42.9 Å². The van der Waals surface area contributed by atoms with Gasteiger partial charge in [-0.05, 0) is 57.8 Å². The zero-order valence-corrected chi connectivity index (χ0v) is 55.3. The third-order valence-corrected chi connectivity index (χ3v) is 15.8. The zero-order valence-electron chi connectivity index (χ0n) is 55.3. The SMILES string of the molecule is CC/C=C\C/C=C\C/C=C\C/C=C\C/C=C\CCCCCCCCCCCCCCCCCC(=O)OC(COC(=O)CCCCCCCCCCCCCCCCCCCCCCCCCCCCC)COC(OCC[N+](C)(C)C)C(=O)[O-]. The van der Waals surface area contributed by atoms with Gasteiger partial charge in [-0.15, -0.1) is 0 Å². The minimum Gasteiger partial charge on any atom is -0.545 e. The number of rotatable bonds is 66. The highest BCUT2D eigenvalue weighted by atomic mass is 16.7. The third kappa shape index (κ3) is 66.4. The second-order valence-electron chi connectivity index (χ2n) is 25.2. The molecule has 484 valence electrons. The van der Waals surface area contributed by atoms with Gasteiger partial charge in [-0.2, -0.15) is 0 Å². The second-order valence-corrected chi connectivity index (χ2v) is 25.2. The van der Waals surface area contributed by atoms with Gasteiger partial charge in [0.1, 0.15) is 13.2 Å². The summed E-state index contributed by atoms with van der Waals surface area (Å²) in [5.74, 6) is -2.26. The van der Waals surface area contributed by atoms with Crippen LogP contribution in [-0.4, -0.2) is 82.3 Å². The molecule has 0 aromatic carbocycles. The van der Waals surface area contributed by atoms with Crippen LogP contribution in [0.2, 0.25) is 0 Å². The molecule has 0 rings (SSSR count). The summed E-state index contributed by atoms with van der Waals surface area (Å²) in [6.07, 6.45) is 81.6. The molecule has 0 aromatic rings. The van der Waals surface area contributed by atoms with E-state index < -0.39 is 24.3 Å². The summed E-state index contributed by atoms with van der Waals surface area (Å²) < 4.78 is 22.8. The first-order valence-corrected chi connectivity index (χ1v) is 35.4. The molecular weight excluding hydrogens is 1030 g/mol. The molecule has 0 aliphatic carbocycles. The molecule has 0 spiro atoms. The molecule has 0 aliphatic heterocycles. The van der Waals surface area contributed by atoms with Gasteiger partial charge >= 0.3 is 11.9 Å². The van der Waals surface area contributed by atoms with Gasteiger partial charge in [0, 0.05) is 12.8 Å². The van der Waals surface area contributed by atoms with Gasteiger partial charge in [0.15, 0.2) is 12.4 Å². The lowest BCUT2D eigenvalue weighted by molar-refractivity contribution is -0.870. The van der Waals surface area contributed by atoms with Gasteiger partial charge in [-0.3, -0.25) is 9.59 Å². The smallest absolute Gasteiger partial charge is 0.306 e. The number of likely N-dealkylation sites (N-methyl/N-ethyl adjacent to an activating group) is 1. The van der Waals surface area contributed by atoms with Crippen molar-refractivity contribution in [3.8, 4) is 0 Å². The molecule has 0 bridgehead atoms. The predicted molar refractivity (Wildman–Crippen MR) is 352 cm³/mol. The van der Waals surface area contributed by atoms with Crippen LogP contribution in [0.15, 0.2) is 60.8 Å². The number of carbonyl (C=O) groups excluding carboxylic acids is 3. The molecule has 2 unspecified atom stereocenters. The van der Waals surface area contributed by atoms with Crippen LogP contribution in [-0.2, 0) is 33.3 Å². The molecule has 0 N–H and O–H groups in total. The average Bonchev–Trinajstić information content (AvgIpc) is 3.46. The van der Waals surface area contributed by atoms with E-state index in [0.717, 1.165) is 64.2 Å². The topological polar surface area (TPSA) is 111 Å². The number of esters is 2. The Morgan fingerprint density at radius 3 is 1.02 bits per heavy atom. The molecule has 83 heavy (non-hydrogen) atoms. The fraction of sp³-hybridized carbons (Fsp3) is 0.824. The van der Waals surface area contributed by atoms with Gasteiger partial charge in [0.25, 0.3) is 0 Å². The third-order valence-electron chi connectivity index (χ3n) is 15.8. The summed E-state index contributed by atoms with van der Waals surface area (Å²) in [6, 6.07) is 0. The molecule has 9 heteroatoms. The van der Waals surface area contributed by atoms with Crippen LogP contribution in [0.3, 0.4) is 0 Å². The van der Waals surface area contributed by atoms with Crippen molar-refractivity contribution in [2.24, 2.45) is 0 Å². The first kappa shape index (κ1) is 80.0. The zero-order chi connectivity index (χ0) is 60.5. The van der Waals surface area contributed by atoms with Crippen LogP contribution >= 0.6 is 0 Å². The summed E-state index contributed by atoms with van der Waals surface area (Å²) >= 11 is 0. The molecule has 0 aromatic heterocycles. The molecule has 0 radical (unpaired) electrons. The molecule has 0 fully saturated rings. The summed E-state index contributed by atoms with van der Waals surface area (Å²) in [5, 5.41) is 11.8. The number of carboxylic acid groups (broad SMARTS) is 1. The van der Waals surface area contributed by atoms with Gasteiger partial charge in [0.05, 0.1) is 40.3 Å². The van der Waals surface area contributed by atoms with E-state index in [1.54, 1.807) is 0 Å². The summed E-state index contributed by atoms with van der Waals surface area (Å²) in [4.78, 5) is 37.5. The lowest BCUT2D eigenvalue weighted by atomic mass is 10.0. The summed E-state index contributed by atoms with van der Waals surface area (Å²) in [7, 11) is 5.94. The highest BCUT2D eigenvalue weighted by molar-refractivity contribution is 5.70. The molecule has 0 saturated carbocycles. The standard InChI is InChI=1S/C74H135NO8/c1-6-8-10-12-14-16-18-20-22-24-26-28-30-32-34-35-36-37-39-41-43-45-47-49-51-53-55-57-59-61-63-65-72(77)83-70(69-82-74(73(78)79)80-67-66-75(3,4)5)68-81-71(76)64-62-60-58-56-54-52-50-48-46-44-42-40-38-33-31-29-27-25-23-21-19-17-15-13-11-9-7-2/h8,10,14,16,20,22,26,28,32,34,70,74H,6-7,9,11-13,15,17-19,21,23-25,27,29-31,33,35-69H2,1-5H3/b10-8-,16-14-,22-20-,28-26-,34-32-. The Labute approximate surface area is 514 Å². The Kier molecular flexibility index (Phi) is 62.6. The number of aliphatic carboxylic acids is 1. The van der Waals surface area contributed by atoms with Crippen molar-refractivity contribution in [1.29, 1.82) is 0 Å². The quantitative estimate of drug-likeness (QED) is 0.0195. The largest absolute Gasteiger partial charge is 0.545 e. The molecule has 0 amide bonds. The van der Waals surface area contributed by atoms with Crippen molar-refractivity contribution in [2.45, 2.75) is 347 Å². The average molecular weight is 1170 g/mol. The number of allylic oxidation sites excluding steroid dienone is 10. The molecular formula is C74H135NO8. The second kappa shape index (κ2) is 65.0. The van der Waals surface area contributed by atoms with Crippen molar-refractivity contribution in [3.63, 3.8) is 0 Å². The van der Waals surface area contributed by atoms with Gasteiger partial charge in [-0.1, -0.05) is 325 Å². The molecule has 0 saturated heterocycles. The highest BCUT2D eigenvalue weighted by Gasteiger charge is 2.22. The maximum atomic E-state index is 12.9. The Morgan fingerprint density at radius 2 is 0.687 bits per heavy atom. The van der Waals surface area contributed by atoms with Crippen LogP contribution in [0.5, 0.6) is 0 Å². The lowest BCUT2D eigenvalue weighted by Gasteiger charge is -2.26. The Morgan fingerprint density at radius 1 is 0.373 bits per heavy atom. The van der Waals surface area contributed by atoms with Crippen molar-refractivity contribution >= 4 is 17.9 Å². The number of nitrogens with zero attached hydrogens (tertiary/aromatic N) is 1. The lowest BCUT2D eigenvalue weighted by Crippen LogP contribution is -2.44. The van der Waals surface area contributed by atoms with Crippen LogP contribution in [0.4, 0.5) is 0 Å². The minimum atomic E-state index is -1.62. The van der Waals surface area contributed by atoms with Crippen LogP contribution in [0.25, 0.3) is 0 Å². The van der Waals surface area contributed by atoms with Crippen LogP contribution in [0, 0.1) is 0 Å². The number of ether oxygens (including phenoxy) is 4. The van der Waals surface area contributed by atoms with Gasteiger partial charge in [-0.25, -0.2) is 0 Å². The first-order valence-electron chi connectivity index (χ1n) is 35.4. The predicted octanol–water partition coefficient (Wildman–Crippen LogP) is 20.6. The Bertz CT molecular complexity index is 1550. The number of carbonyl (C=O) groups is 3. The number of unbranched alkanes of at least 4 members (excludes halogenated alkanes) is 41. The summed E-state index contributed by atoms with van der Waals surface area (Å²) in [6.45, 7) is 4.69. The highest BCUT2D eigenvalue weighted by Crippen LogP contribution is 2.19. The number of hydrogen-bond donors (Lipinski definition) is 0. The van der Waals surface area contributed by atoms with E-state index in [-0.39, 0.29) is 32.2 Å². The van der Waals surface area contributed by atoms with Crippen LogP contribution in [0.1, 0.15) is 335 Å². The van der Waals surface area contributed by atoms with E-state index in [1.807, 2.05) is 21.1 Å². The van der Waals surface area contributed by atoms with E-state index in [2.05, 4.69) is 74.6 Å². The maximum absolute atomic E-state index is 12.9. The Balaban J connectivity index is 4.08. The number of quaternary nitrogens is 1. The van der Waals surface area contributed by atoms with E-state index in [9.17, 15) is 19.5 Å². The Hall–Kier alpha value is -3.01. The molecule has 9 nitrogen and oxygen atoms in total. The van der Waals surface area contributed by atoms with Crippen LogP contribution < -0.4 is 5.11 Å². The van der Waals surface area contributed by atoms with E-state index >= 15 is 0 Å². The summed E-state index contributed by atoms with van der Waals surface area (Å²) in [5.41, 5.74) is 0. The monoisotopic (exact) mass is 1170 g/mol. The van der Waals surface area contributed by atoms with Crippen molar-refractivity contribution in [1.82, 2.24) is 0 Å². The molecule has 2 atom stereocenters. The van der Waals surface area contributed by atoms with E-state index in [0.29, 0.717) is 23.9 Å². The first-order chi connectivity index (χ1) is 40.6. The number of carboxylic acids is 1. The van der Waals surface area contributed by atoms with Crippen molar-refractivity contribution in [2.75, 3.05) is 47.5 Å². The van der Waals surface area contributed by atoms with E-state index in [4.69, 9.17) is 18.9 Å². The fourth-order valence-electron chi connectivity index (χ4n) is 10.4. The molecule has 0 heterocycles. The normalized spacial score (nSPS) is 13.0. The van der Waals surface area contributed by atoms with Gasteiger partial charge < -0.3 is 33.3 Å². The number of hydrogen-bond acceptors (Lipinski definition) is 8.